The molecule has 1 rings (SSSR count). The maximum absolute atomic E-state index is 3.61. The number of nitrogens with one attached hydrogen (secondary N) is 1. The summed E-state index contributed by atoms with van der Waals surface area (Å²) in [6.45, 7) is 14.0. The number of rotatable bonds is 6. The Kier molecular flexibility index (Phi) is 7.20. The smallest absolute Gasteiger partial charge is 0.0223 e. The molecule has 0 bridgehead atoms. The van der Waals surface area contributed by atoms with Crippen LogP contribution in [0.5, 0.6) is 0 Å². The van der Waals surface area contributed by atoms with Gasteiger partial charge in [-0.15, -0.1) is 0 Å². The Bertz CT molecular complexity index is 218. The van der Waals surface area contributed by atoms with E-state index in [9.17, 15) is 0 Å². The van der Waals surface area contributed by atoms with Crippen LogP contribution in [0, 0.1) is 0 Å². The van der Waals surface area contributed by atoms with Crippen molar-refractivity contribution in [3.63, 3.8) is 0 Å². The lowest BCUT2D eigenvalue weighted by molar-refractivity contribution is 0.121. The third-order valence-electron chi connectivity index (χ3n) is 4.12. The summed E-state index contributed by atoms with van der Waals surface area (Å²) in [6, 6.07) is 2.02. The number of nitrogens with zero attached hydrogens (tertiary/aromatic N) is 2. The summed E-state index contributed by atoms with van der Waals surface area (Å²) < 4.78 is 0. The minimum absolute atomic E-state index is 0.591. The molecule has 1 aliphatic heterocycles. The van der Waals surface area contributed by atoms with Gasteiger partial charge in [-0.1, -0.05) is 27.7 Å². The fourth-order valence-corrected chi connectivity index (χ4v) is 2.97. The van der Waals surface area contributed by atoms with E-state index in [1.165, 1.54) is 38.9 Å². The highest BCUT2D eigenvalue weighted by molar-refractivity contribution is 4.84. The minimum atomic E-state index is 0.591. The molecule has 1 saturated heterocycles. The molecule has 0 aliphatic carbocycles. The number of hydrogen-bond donors (Lipinski definition) is 1. The van der Waals surface area contributed by atoms with E-state index in [-0.39, 0.29) is 0 Å². The van der Waals surface area contributed by atoms with Crippen molar-refractivity contribution in [3.8, 4) is 0 Å². The molecule has 1 N–H and O–H groups in total. The molecule has 3 nitrogen and oxygen atoms in total. The van der Waals surface area contributed by atoms with E-state index in [1.807, 2.05) is 0 Å². The van der Waals surface area contributed by atoms with Crippen LogP contribution in [0.4, 0.5) is 0 Å². The van der Waals surface area contributed by atoms with Crippen LogP contribution < -0.4 is 5.32 Å². The van der Waals surface area contributed by atoms with Crippen LogP contribution in [-0.2, 0) is 0 Å². The van der Waals surface area contributed by atoms with Gasteiger partial charge in [0.25, 0.3) is 0 Å². The fraction of sp³-hybridized carbons (Fsp3) is 1.00. The highest BCUT2D eigenvalue weighted by Crippen LogP contribution is 2.17. The number of likely N-dealkylation sites (N-methyl/N-ethyl adjacent to an activating group) is 1. The summed E-state index contributed by atoms with van der Waals surface area (Å²) in [4.78, 5) is 5.26. The molecule has 1 aliphatic rings. The standard InChI is InChI=1S/C15H33N3/c1-6-14(11-16-13(3)4)18-10-8-9-17(5)12-15(18)7-2/h13-16H,6-12H2,1-5H3. The molecule has 108 valence electrons. The zero-order valence-corrected chi connectivity index (χ0v) is 13.1. The van der Waals surface area contributed by atoms with Crippen LogP contribution in [0.2, 0.25) is 0 Å². The lowest BCUT2D eigenvalue weighted by atomic mass is 10.1. The SMILES string of the molecule is CCC(CNC(C)C)N1CCCN(C)CC1CC. The Balaban J connectivity index is 2.62. The summed E-state index contributed by atoms with van der Waals surface area (Å²) in [5.41, 5.74) is 0. The normalized spacial score (nSPS) is 25.3. The predicted octanol–water partition coefficient (Wildman–Crippen LogP) is 2.18. The first-order valence-electron chi connectivity index (χ1n) is 7.76. The summed E-state index contributed by atoms with van der Waals surface area (Å²) in [5.74, 6) is 0. The van der Waals surface area contributed by atoms with Crippen molar-refractivity contribution in [2.75, 3.05) is 33.2 Å². The Morgan fingerprint density at radius 1 is 1.22 bits per heavy atom. The molecular formula is C15H33N3. The number of hydrogen-bond acceptors (Lipinski definition) is 3. The zero-order chi connectivity index (χ0) is 13.5. The molecule has 0 spiro atoms. The topological polar surface area (TPSA) is 18.5 Å². The average Bonchev–Trinajstić information content (AvgIpc) is 2.52. The molecule has 18 heavy (non-hydrogen) atoms. The first kappa shape index (κ1) is 15.9. The average molecular weight is 255 g/mol. The van der Waals surface area contributed by atoms with Crippen LogP contribution in [0.3, 0.4) is 0 Å². The van der Waals surface area contributed by atoms with Gasteiger partial charge in [-0.3, -0.25) is 4.90 Å². The van der Waals surface area contributed by atoms with Gasteiger partial charge in [0.2, 0.25) is 0 Å². The van der Waals surface area contributed by atoms with E-state index in [1.54, 1.807) is 0 Å². The summed E-state index contributed by atoms with van der Waals surface area (Å²) in [5, 5.41) is 3.61. The lowest BCUT2D eigenvalue weighted by Crippen LogP contribution is -2.50. The van der Waals surface area contributed by atoms with Gasteiger partial charge in [0.05, 0.1) is 0 Å². The first-order valence-corrected chi connectivity index (χ1v) is 7.76. The molecule has 3 heteroatoms. The highest BCUT2D eigenvalue weighted by atomic mass is 15.3. The molecule has 0 saturated carbocycles. The molecule has 2 atom stereocenters. The van der Waals surface area contributed by atoms with Gasteiger partial charge >= 0.3 is 0 Å². The van der Waals surface area contributed by atoms with Gasteiger partial charge < -0.3 is 10.2 Å². The van der Waals surface area contributed by atoms with Gasteiger partial charge in [0.15, 0.2) is 0 Å². The van der Waals surface area contributed by atoms with E-state index < -0.39 is 0 Å². The Labute approximate surface area is 114 Å². The van der Waals surface area contributed by atoms with Gasteiger partial charge in [-0.25, -0.2) is 0 Å². The first-order chi connectivity index (χ1) is 8.58. The second-order valence-electron chi connectivity index (χ2n) is 6.04. The maximum atomic E-state index is 3.61. The van der Waals surface area contributed by atoms with Crippen LogP contribution >= 0.6 is 0 Å². The lowest BCUT2D eigenvalue weighted by Gasteiger charge is -2.37. The van der Waals surface area contributed by atoms with Crippen molar-refractivity contribution < 1.29 is 0 Å². The quantitative estimate of drug-likeness (QED) is 0.785. The maximum Gasteiger partial charge on any atom is 0.0223 e. The molecule has 0 radical (unpaired) electrons. The molecule has 1 heterocycles. The van der Waals surface area contributed by atoms with Crippen molar-refractivity contribution >= 4 is 0 Å². The molecule has 2 unspecified atom stereocenters. The van der Waals surface area contributed by atoms with Crippen molar-refractivity contribution in [2.24, 2.45) is 0 Å². The monoisotopic (exact) mass is 255 g/mol. The molecule has 1 fully saturated rings. The highest BCUT2D eigenvalue weighted by Gasteiger charge is 2.27. The van der Waals surface area contributed by atoms with Crippen LogP contribution in [0.1, 0.15) is 47.0 Å². The molecule has 0 amide bonds. The van der Waals surface area contributed by atoms with Crippen LogP contribution in [-0.4, -0.2) is 61.2 Å². The van der Waals surface area contributed by atoms with Crippen molar-refractivity contribution in [3.05, 3.63) is 0 Å². The van der Waals surface area contributed by atoms with Crippen LogP contribution in [0.25, 0.3) is 0 Å². The Morgan fingerprint density at radius 3 is 2.50 bits per heavy atom. The van der Waals surface area contributed by atoms with Crippen LogP contribution in [0.15, 0.2) is 0 Å². The second-order valence-corrected chi connectivity index (χ2v) is 6.04. The Hall–Kier alpha value is -0.120. The predicted molar refractivity (Wildman–Crippen MR) is 80.1 cm³/mol. The van der Waals surface area contributed by atoms with E-state index in [2.05, 4.69) is 49.9 Å². The van der Waals surface area contributed by atoms with E-state index >= 15 is 0 Å². The molecule has 0 aromatic heterocycles. The van der Waals surface area contributed by atoms with Gasteiger partial charge in [0.1, 0.15) is 0 Å². The van der Waals surface area contributed by atoms with Crippen molar-refractivity contribution in [1.29, 1.82) is 0 Å². The second kappa shape index (κ2) is 8.13. The van der Waals surface area contributed by atoms with Crippen molar-refractivity contribution in [1.82, 2.24) is 15.1 Å². The fourth-order valence-electron chi connectivity index (χ4n) is 2.97. The van der Waals surface area contributed by atoms with Gasteiger partial charge in [-0.05, 0) is 32.9 Å². The Morgan fingerprint density at radius 2 is 1.94 bits per heavy atom. The minimum Gasteiger partial charge on any atom is -0.313 e. The summed E-state index contributed by atoms with van der Waals surface area (Å²) in [7, 11) is 2.26. The largest absolute Gasteiger partial charge is 0.313 e. The molecule has 0 aromatic carbocycles. The summed E-state index contributed by atoms with van der Waals surface area (Å²) in [6.07, 6.45) is 3.83. The molecule has 0 aromatic rings. The third-order valence-corrected chi connectivity index (χ3v) is 4.12. The summed E-state index contributed by atoms with van der Waals surface area (Å²) >= 11 is 0. The van der Waals surface area contributed by atoms with Gasteiger partial charge in [-0.2, -0.15) is 0 Å². The molecular weight excluding hydrogens is 222 g/mol. The zero-order valence-electron chi connectivity index (χ0n) is 13.1. The van der Waals surface area contributed by atoms with E-state index in [4.69, 9.17) is 0 Å². The van der Waals surface area contributed by atoms with E-state index in [0.29, 0.717) is 12.1 Å². The van der Waals surface area contributed by atoms with Gasteiger partial charge in [0, 0.05) is 37.8 Å². The third kappa shape index (κ3) is 4.87. The van der Waals surface area contributed by atoms with E-state index in [0.717, 1.165) is 12.6 Å². The van der Waals surface area contributed by atoms with Crippen molar-refractivity contribution in [2.45, 2.75) is 65.1 Å².